The van der Waals surface area contributed by atoms with Gasteiger partial charge < -0.3 is 14.4 Å². The van der Waals surface area contributed by atoms with E-state index in [1.807, 2.05) is 0 Å². The van der Waals surface area contributed by atoms with Crippen molar-refractivity contribution in [3.8, 4) is 0 Å². The first-order valence-corrected chi connectivity index (χ1v) is 4.86. The van der Waals surface area contributed by atoms with Gasteiger partial charge in [-0.1, -0.05) is 12.2 Å². The molecule has 14 heavy (non-hydrogen) atoms. The number of esters is 1. The van der Waals surface area contributed by atoms with Crippen molar-refractivity contribution >= 4 is 23.2 Å². The molecule has 5 heteroatoms. The molecule has 0 heterocycles. The highest BCUT2D eigenvalue weighted by molar-refractivity contribution is 7.80. The first kappa shape index (κ1) is 13.3. The van der Waals surface area contributed by atoms with Crippen LogP contribution in [0, 0.1) is 0 Å². The van der Waals surface area contributed by atoms with E-state index in [0.29, 0.717) is 18.2 Å². The van der Waals surface area contributed by atoms with E-state index < -0.39 is 0 Å². The Morgan fingerprint density at radius 1 is 1.57 bits per heavy atom. The SMILES string of the molecule is CCOC(=O)C(C)N(C)C(=S)COC. The first-order chi connectivity index (χ1) is 6.54. The summed E-state index contributed by atoms with van der Waals surface area (Å²) in [5, 5.41) is 0. The van der Waals surface area contributed by atoms with Crippen molar-refractivity contribution in [1.29, 1.82) is 0 Å². The lowest BCUT2D eigenvalue weighted by atomic mass is 10.3. The number of ether oxygens (including phenoxy) is 2. The number of rotatable bonds is 5. The fourth-order valence-corrected chi connectivity index (χ4v) is 1.14. The summed E-state index contributed by atoms with van der Waals surface area (Å²) in [4.78, 5) is 13.6. The number of methoxy groups -OCH3 is 1. The highest BCUT2D eigenvalue weighted by Gasteiger charge is 2.20. The predicted molar refractivity (Wildman–Crippen MR) is 58.3 cm³/mol. The minimum absolute atomic E-state index is 0.270. The molecule has 4 nitrogen and oxygen atoms in total. The van der Waals surface area contributed by atoms with Crippen LogP contribution < -0.4 is 0 Å². The van der Waals surface area contributed by atoms with E-state index in [2.05, 4.69) is 0 Å². The summed E-state index contributed by atoms with van der Waals surface area (Å²) in [6.45, 7) is 4.25. The Kier molecular flexibility index (Phi) is 6.40. The average molecular weight is 219 g/mol. The van der Waals surface area contributed by atoms with E-state index >= 15 is 0 Å². The van der Waals surface area contributed by atoms with Crippen molar-refractivity contribution in [3.63, 3.8) is 0 Å². The van der Waals surface area contributed by atoms with Crippen molar-refractivity contribution in [2.75, 3.05) is 27.4 Å². The molecule has 0 spiro atoms. The third-order valence-corrected chi connectivity index (χ3v) is 2.28. The van der Waals surface area contributed by atoms with Crippen LogP contribution in [-0.2, 0) is 14.3 Å². The summed E-state index contributed by atoms with van der Waals surface area (Å²) < 4.78 is 9.75. The van der Waals surface area contributed by atoms with Crippen molar-refractivity contribution in [2.24, 2.45) is 0 Å². The number of carbonyl (C=O) groups is 1. The van der Waals surface area contributed by atoms with Gasteiger partial charge in [0.15, 0.2) is 0 Å². The van der Waals surface area contributed by atoms with Gasteiger partial charge in [-0.15, -0.1) is 0 Å². The van der Waals surface area contributed by atoms with Crippen molar-refractivity contribution < 1.29 is 14.3 Å². The Morgan fingerprint density at radius 2 is 2.14 bits per heavy atom. The van der Waals surface area contributed by atoms with E-state index in [9.17, 15) is 4.79 Å². The molecule has 0 radical (unpaired) electrons. The Morgan fingerprint density at radius 3 is 2.57 bits per heavy atom. The van der Waals surface area contributed by atoms with Crippen LogP contribution in [0.2, 0.25) is 0 Å². The molecule has 0 N–H and O–H groups in total. The molecule has 82 valence electrons. The smallest absolute Gasteiger partial charge is 0.328 e. The van der Waals surface area contributed by atoms with Crippen LogP contribution in [0.5, 0.6) is 0 Å². The van der Waals surface area contributed by atoms with E-state index in [1.165, 1.54) is 0 Å². The van der Waals surface area contributed by atoms with E-state index in [1.54, 1.807) is 32.9 Å². The predicted octanol–water partition coefficient (Wildman–Crippen LogP) is 0.844. The van der Waals surface area contributed by atoms with Gasteiger partial charge >= 0.3 is 5.97 Å². The molecule has 0 saturated heterocycles. The average Bonchev–Trinajstić information content (AvgIpc) is 2.16. The maximum absolute atomic E-state index is 11.3. The van der Waals surface area contributed by atoms with Gasteiger partial charge in [0.05, 0.1) is 13.2 Å². The number of hydrogen-bond donors (Lipinski definition) is 0. The van der Waals surface area contributed by atoms with Gasteiger partial charge in [0.2, 0.25) is 0 Å². The van der Waals surface area contributed by atoms with Gasteiger partial charge in [0, 0.05) is 14.2 Å². The third-order valence-electron chi connectivity index (χ3n) is 1.87. The van der Waals surface area contributed by atoms with Crippen LogP contribution in [-0.4, -0.2) is 49.3 Å². The van der Waals surface area contributed by atoms with Crippen LogP contribution in [0.25, 0.3) is 0 Å². The molecule has 0 aromatic rings. The Balaban J connectivity index is 4.16. The molecule has 0 bridgehead atoms. The second-order valence-corrected chi connectivity index (χ2v) is 3.34. The molecule has 1 unspecified atom stereocenters. The molecular weight excluding hydrogens is 202 g/mol. The molecule has 0 aromatic heterocycles. The Bertz CT molecular complexity index is 186. The van der Waals surface area contributed by atoms with Gasteiger partial charge in [-0.3, -0.25) is 0 Å². The Hall–Kier alpha value is -0.680. The van der Waals surface area contributed by atoms with E-state index in [0.717, 1.165) is 0 Å². The summed E-state index contributed by atoms with van der Waals surface area (Å²) in [6, 6.07) is -0.363. The van der Waals surface area contributed by atoms with Crippen LogP contribution >= 0.6 is 12.2 Å². The lowest BCUT2D eigenvalue weighted by molar-refractivity contribution is -0.147. The summed E-state index contributed by atoms with van der Waals surface area (Å²) in [7, 11) is 3.32. The number of carbonyl (C=O) groups excluding carboxylic acids is 1. The summed E-state index contributed by atoms with van der Waals surface area (Å²) in [6.07, 6.45) is 0. The number of likely N-dealkylation sites (N-methyl/N-ethyl adjacent to an activating group) is 1. The lowest BCUT2D eigenvalue weighted by Crippen LogP contribution is -2.41. The van der Waals surface area contributed by atoms with Crippen LogP contribution in [0.1, 0.15) is 13.8 Å². The number of thiocarbonyl (C=S) groups is 1. The summed E-state index contributed by atoms with van der Waals surface area (Å²) >= 11 is 5.05. The molecule has 0 aliphatic heterocycles. The van der Waals surface area contributed by atoms with Gasteiger partial charge in [-0.05, 0) is 13.8 Å². The molecule has 0 rings (SSSR count). The van der Waals surface area contributed by atoms with Crippen LogP contribution in [0.15, 0.2) is 0 Å². The van der Waals surface area contributed by atoms with E-state index in [4.69, 9.17) is 21.7 Å². The second-order valence-electron chi connectivity index (χ2n) is 2.87. The molecular formula is C9H17NO3S. The van der Waals surface area contributed by atoms with Gasteiger partial charge in [-0.25, -0.2) is 4.79 Å². The zero-order valence-electron chi connectivity index (χ0n) is 9.07. The monoisotopic (exact) mass is 219 g/mol. The minimum atomic E-state index is -0.363. The quantitative estimate of drug-likeness (QED) is 0.506. The van der Waals surface area contributed by atoms with Gasteiger partial charge in [0.1, 0.15) is 11.0 Å². The van der Waals surface area contributed by atoms with Crippen LogP contribution in [0.4, 0.5) is 0 Å². The largest absolute Gasteiger partial charge is 0.464 e. The fraction of sp³-hybridized carbons (Fsp3) is 0.778. The molecule has 1 atom stereocenters. The van der Waals surface area contributed by atoms with Gasteiger partial charge in [-0.2, -0.15) is 0 Å². The standard InChI is InChI=1S/C9H17NO3S/c1-5-13-9(11)7(2)10(3)8(14)6-12-4/h7H,5-6H2,1-4H3. The zero-order chi connectivity index (χ0) is 11.1. The minimum Gasteiger partial charge on any atom is -0.464 e. The van der Waals surface area contributed by atoms with Crippen molar-refractivity contribution in [2.45, 2.75) is 19.9 Å². The van der Waals surface area contributed by atoms with Crippen LogP contribution in [0.3, 0.4) is 0 Å². The molecule has 0 aromatic carbocycles. The molecule has 0 amide bonds. The maximum atomic E-state index is 11.3. The topological polar surface area (TPSA) is 38.8 Å². The first-order valence-electron chi connectivity index (χ1n) is 4.45. The number of hydrogen-bond acceptors (Lipinski definition) is 4. The fourth-order valence-electron chi connectivity index (χ4n) is 0.862. The van der Waals surface area contributed by atoms with E-state index in [-0.39, 0.29) is 12.0 Å². The zero-order valence-corrected chi connectivity index (χ0v) is 9.89. The molecule has 0 aliphatic rings. The number of nitrogens with zero attached hydrogens (tertiary/aromatic N) is 1. The summed E-state index contributed by atoms with van der Waals surface area (Å²) in [5.41, 5.74) is 0. The highest BCUT2D eigenvalue weighted by atomic mass is 32.1. The molecule has 0 saturated carbocycles. The van der Waals surface area contributed by atoms with Crippen molar-refractivity contribution in [1.82, 2.24) is 4.90 Å². The second kappa shape index (κ2) is 6.73. The molecule has 0 fully saturated rings. The highest BCUT2D eigenvalue weighted by Crippen LogP contribution is 2.01. The van der Waals surface area contributed by atoms with Crippen molar-refractivity contribution in [3.05, 3.63) is 0 Å². The third kappa shape index (κ3) is 4.02. The lowest BCUT2D eigenvalue weighted by Gasteiger charge is -2.25. The molecule has 0 aliphatic carbocycles. The maximum Gasteiger partial charge on any atom is 0.328 e. The normalized spacial score (nSPS) is 12.0. The Labute approximate surface area is 90.2 Å². The summed E-state index contributed by atoms with van der Waals surface area (Å²) in [5.74, 6) is -0.270. The van der Waals surface area contributed by atoms with Gasteiger partial charge in [0.25, 0.3) is 0 Å².